The predicted octanol–water partition coefficient (Wildman–Crippen LogP) is 10.9. The average molecular weight is 903 g/mol. The first-order valence-corrected chi connectivity index (χ1v) is 22.9. The lowest BCUT2D eigenvalue weighted by Crippen LogP contribution is -2.25. The van der Waals surface area contributed by atoms with Gasteiger partial charge in [-0.25, -0.2) is 14.4 Å². The SMILES string of the molecule is C1CCC1.C=CC(=O)OCCCCOCC(COc1ccc(C(=O)Oc2ccc(CCOC(=O)c3ccc(CCC)cc3)cc2/C=N/N=C2c3ccccc3-c3ccccc32)cc1)C(=O)C=C. The zero-order valence-electron chi connectivity index (χ0n) is 38.2. The fraction of sp³-hybridized carbons (Fsp3) is 0.286. The van der Waals surface area contributed by atoms with Crippen molar-refractivity contribution in [1.82, 2.24) is 0 Å². The lowest BCUT2D eigenvalue weighted by molar-refractivity contribution is -0.138. The fourth-order valence-corrected chi connectivity index (χ4v) is 7.07. The number of unbranched alkanes of at least 4 members (excludes halogenated alkanes) is 1. The zero-order chi connectivity index (χ0) is 47.2. The van der Waals surface area contributed by atoms with Gasteiger partial charge in [-0.2, -0.15) is 5.10 Å². The second-order valence-corrected chi connectivity index (χ2v) is 16.1. The van der Waals surface area contributed by atoms with Crippen molar-refractivity contribution in [3.8, 4) is 22.6 Å². The van der Waals surface area contributed by atoms with Crippen molar-refractivity contribution in [3.63, 3.8) is 0 Å². The first kappa shape index (κ1) is 49.2. The quantitative estimate of drug-likeness (QED) is 0.0153. The molecule has 1 atom stereocenters. The molecule has 0 amide bonds. The third-order valence-corrected chi connectivity index (χ3v) is 11.2. The fourth-order valence-electron chi connectivity index (χ4n) is 7.07. The zero-order valence-corrected chi connectivity index (χ0v) is 38.2. The van der Waals surface area contributed by atoms with Crippen molar-refractivity contribution in [1.29, 1.82) is 0 Å². The van der Waals surface area contributed by atoms with Crippen LogP contribution in [0.15, 0.2) is 151 Å². The Hall–Kier alpha value is -7.24. The van der Waals surface area contributed by atoms with E-state index in [1.807, 2.05) is 60.7 Å². The molecule has 67 heavy (non-hydrogen) atoms. The molecule has 0 bridgehead atoms. The monoisotopic (exact) mass is 902 g/mol. The summed E-state index contributed by atoms with van der Waals surface area (Å²) in [6.07, 6.45) is 13.5. The molecule has 11 nitrogen and oxygen atoms in total. The highest BCUT2D eigenvalue weighted by atomic mass is 16.5. The van der Waals surface area contributed by atoms with Gasteiger partial charge in [0.15, 0.2) is 5.78 Å². The molecule has 1 saturated carbocycles. The van der Waals surface area contributed by atoms with Gasteiger partial charge in [-0.3, -0.25) is 4.79 Å². The van der Waals surface area contributed by atoms with E-state index < -0.39 is 23.8 Å². The van der Waals surface area contributed by atoms with E-state index in [9.17, 15) is 19.2 Å². The van der Waals surface area contributed by atoms with E-state index in [4.69, 9.17) is 23.7 Å². The second-order valence-electron chi connectivity index (χ2n) is 16.1. The van der Waals surface area contributed by atoms with Crippen LogP contribution in [0.1, 0.15) is 100 Å². The first-order chi connectivity index (χ1) is 32.8. The van der Waals surface area contributed by atoms with Crippen molar-refractivity contribution in [2.75, 3.05) is 33.0 Å². The van der Waals surface area contributed by atoms with Gasteiger partial charge in [-0.05, 0) is 96.1 Å². The topological polar surface area (TPSA) is 139 Å². The summed E-state index contributed by atoms with van der Waals surface area (Å²) in [6.45, 7) is 10.0. The van der Waals surface area contributed by atoms with Gasteiger partial charge in [-0.1, -0.05) is 119 Å². The van der Waals surface area contributed by atoms with Gasteiger partial charge in [-0.15, -0.1) is 5.10 Å². The van der Waals surface area contributed by atoms with E-state index in [-0.39, 0.29) is 43.5 Å². The van der Waals surface area contributed by atoms with Crippen LogP contribution in [-0.4, -0.2) is 68.7 Å². The van der Waals surface area contributed by atoms with E-state index >= 15 is 0 Å². The van der Waals surface area contributed by atoms with E-state index in [0.717, 1.165) is 52.4 Å². The molecule has 0 aromatic heterocycles. The Labute approximate surface area is 393 Å². The van der Waals surface area contributed by atoms with Gasteiger partial charge in [0.05, 0.1) is 43.1 Å². The summed E-state index contributed by atoms with van der Waals surface area (Å²) in [5.41, 5.74) is 8.09. The molecule has 0 aliphatic heterocycles. The number of carbonyl (C=O) groups is 4. The molecule has 0 N–H and O–H groups in total. The minimum absolute atomic E-state index is 0.0351. The number of hydrogen-bond donors (Lipinski definition) is 0. The molecule has 0 radical (unpaired) electrons. The highest BCUT2D eigenvalue weighted by molar-refractivity contribution is 6.24. The summed E-state index contributed by atoms with van der Waals surface area (Å²) in [5.74, 6) is -1.60. The number of rotatable bonds is 23. The Kier molecular flexibility index (Phi) is 19.1. The van der Waals surface area contributed by atoms with Crippen LogP contribution in [0.2, 0.25) is 0 Å². The van der Waals surface area contributed by atoms with Crippen LogP contribution in [0.5, 0.6) is 11.5 Å². The maximum Gasteiger partial charge on any atom is 0.343 e. The summed E-state index contributed by atoms with van der Waals surface area (Å²) in [5, 5.41) is 9.14. The number of hydrogen-bond acceptors (Lipinski definition) is 11. The predicted molar refractivity (Wildman–Crippen MR) is 261 cm³/mol. The maximum atomic E-state index is 13.5. The number of aryl methyl sites for hydroxylation is 1. The van der Waals surface area contributed by atoms with Crippen LogP contribution < -0.4 is 9.47 Å². The summed E-state index contributed by atoms with van der Waals surface area (Å²) in [4.78, 5) is 50.0. The molecular weight excluding hydrogens is 845 g/mol. The van der Waals surface area contributed by atoms with E-state index in [1.165, 1.54) is 37.3 Å². The Bertz CT molecular complexity index is 2490. The van der Waals surface area contributed by atoms with Gasteiger partial charge in [0, 0.05) is 35.8 Å². The molecule has 1 fully saturated rings. The minimum atomic E-state index is -0.611. The van der Waals surface area contributed by atoms with Gasteiger partial charge in [0.1, 0.15) is 23.8 Å². The number of ether oxygens (including phenoxy) is 5. The summed E-state index contributed by atoms with van der Waals surface area (Å²) < 4.78 is 28.1. The molecule has 5 aromatic carbocycles. The molecule has 346 valence electrons. The third-order valence-electron chi connectivity index (χ3n) is 11.2. The van der Waals surface area contributed by atoms with Crippen molar-refractivity contribution >= 4 is 35.6 Å². The molecule has 0 heterocycles. The molecule has 0 saturated heterocycles. The lowest BCUT2D eigenvalue weighted by atomic mass is 10.0. The summed E-state index contributed by atoms with van der Waals surface area (Å²) in [6, 6.07) is 35.3. The Balaban J connectivity index is 0.00000176. The third kappa shape index (κ3) is 14.6. The van der Waals surface area contributed by atoms with Crippen molar-refractivity contribution in [3.05, 3.63) is 180 Å². The molecule has 0 spiro atoms. The highest BCUT2D eigenvalue weighted by Crippen LogP contribution is 2.36. The van der Waals surface area contributed by atoms with Crippen LogP contribution in [0.4, 0.5) is 0 Å². The largest absolute Gasteiger partial charge is 0.493 e. The molecule has 7 rings (SSSR count). The normalized spacial score (nSPS) is 12.6. The summed E-state index contributed by atoms with van der Waals surface area (Å²) >= 11 is 0. The standard InChI is InChI=1S/C52H50N2O9.C4H8/c1-4-13-36-18-21-38(22-19-36)51(57)61-31-28-37-20-27-48(40(32-37)33-53-54-50-45-16-9-7-14-43(45)44-15-8-10-17-46(44)50)63-52(58)39-23-25-42(26-24-39)62-35-41(47(55)5-2)34-59-29-11-12-30-60-49(56)6-3;1-2-4-3-1/h5-10,14-27,32-33,41H,2-4,11-13,28-31,34-35H2,1H3;1-4H2/b53-33+;. The van der Waals surface area contributed by atoms with Crippen LogP contribution >= 0.6 is 0 Å². The minimum Gasteiger partial charge on any atom is -0.493 e. The van der Waals surface area contributed by atoms with Gasteiger partial charge in [0.2, 0.25) is 0 Å². The van der Waals surface area contributed by atoms with E-state index in [2.05, 4.69) is 42.4 Å². The Morgan fingerprint density at radius 2 is 1.25 bits per heavy atom. The van der Waals surface area contributed by atoms with Crippen molar-refractivity contribution in [2.24, 2.45) is 16.1 Å². The maximum absolute atomic E-state index is 13.5. The molecule has 2 aliphatic rings. The molecule has 5 aromatic rings. The van der Waals surface area contributed by atoms with Gasteiger partial charge >= 0.3 is 17.9 Å². The second kappa shape index (κ2) is 26.0. The molecule has 11 heteroatoms. The van der Waals surface area contributed by atoms with Crippen molar-refractivity contribution in [2.45, 2.75) is 64.7 Å². The number of allylic oxidation sites excluding steroid dienone is 1. The Morgan fingerprint density at radius 3 is 1.88 bits per heavy atom. The molecule has 2 aliphatic carbocycles. The first-order valence-electron chi connectivity index (χ1n) is 22.9. The van der Waals surface area contributed by atoms with Crippen LogP contribution in [0.3, 0.4) is 0 Å². The van der Waals surface area contributed by atoms with Crippen LogP contribution in [0.25, 0.3) is 11.1 Å². The Morgan fingerprint density at radius 1 is 0.642 bits per heavy atom. The lowest BCUT2D eigenvalue weighted by Gasteiger charge is -2.16. The van der Waals surface area contributed by atoms with Crippen LogP contribution in [0, 0.1) is 5.92 Å². The molecule has 1 unspecified atom stereocenters. The number of nitrogens with zero attached hydrogens (tertiary/aromatic N) is 2. The van der Waals surface area contributed by atoms with E-state index in [1.54, 1.807) is 48.7 Å². The average Bonchev–Trinajstić information content (AvgIpc) is 3.65. The smallest absolute Gasteiger partial charge is 0.343 e. The van der Waals surface area contributed by atoms with Crippen molar-refractivity contribution < 1.29 is 42.9 Å². The highest BCUT2D eigenvalue weighted by Gasteiger charge is 2.24. The van der Waals surface area contributed by atoms with Gasteiger partial charge in [0.25, 0.3) is 0 Å². The number of fused-ring (bicyclic) bond motifs is 3. The van der Waals surface area contributed by atoms with E-state index in [0.29, 0.717) is 42.7 Å². The van der Waals surface area contributed by atoms with Crippen LogP contribution in [-0.2, 0) is 36.6 Å². The number of esters is 3. The molecular formula is C56H58N2O9. The number of ketones is 1. The summed E-state index contributed by atoms with van der Waals surface area (Å²) in [7, 11) is 0. The number of carbonyl (C=O) groups excluding carboxylic acids is 4. The van der Waals surface area contributed by atoms with Gasteiger partial charge < -0.3 is 23.7 Å². The number of benzene rings is 5.